The lowest BCUT2D eigenvalue weighted by atomic mass is 10.1. The molecule has 0 unspecified atom stereocenters. The number of rotatable bonds is 1. The van der Waals surface area contributed by atoms with Crippen LogP contribution in [0.25, 0.3) is 0 Å². The smallest absolute Gasteiger partial charge is 0.109 e. The van der Waals surface area contributed by atoms with Crippen LogP contribution in [-0.4, -0.2) is 4.98 Å². The molecule has 0 aliphatic heterocycles. The van der Waals surface area contributed by atoms with Gasteiger partial charge in [-0.3, -0.25) is 0 Å². The van der Waals surface area contributed by atoms with E-state index >= 15 is 0 Å². The van der Waals surface area contributed by atoms with E-state index in [4.69, 9.17) is 5.26 Å². The fourth-order valence-electron chi connectivity index (χ4n) is 1.02. The van der Waals surface area contributed by atoms with Crippen molar-refractivity contribution in [3.63, 3.8) is 0 Å². The quantitative estimate of drug-likeness (QED) is 0.688. The summed E-state index contributed by atoms with van der Waals surface area (Å²) >= 11 is 3.33. The Balaban J connectivity index is 3.16. The van der Waals surface area contributed by atoms with Crippen LogP contribution in [0.3, 0.4) is 0 Å². The van der Waals surface area contributed by atoms with Gasteiger partial charge in [-0.25, -0.2) is 4.98 Å². The second kappa shape index (κ2) is 3.68. The lowest BCUT2D eigenvalue weighted by molar-refractivity contribution is 1.04. The predicted octanol–water partition coefficient (Wildman–Crippen LogP) is 2.53. The largest absolute Gasteiger partial charge is 0.244 e. The number of hydrogen-bond acceptors (Lipinski definition) is 2. The molecule has 0 amide bonds. The highest BCUT2D eigenvalue weighted by atomic mass is 79.9. The highest BCUT2D eigenvalue weighted by Gasteiger charge is 2.03. The number of hydrogen-bond donors (Lipinski definition) is 0. The highest BCUT2D eigenvalue weighted by molar-refractivity contribution is 9.10. The Morgan fingerprint density at radius 2 is 2.17 bits per heavy atom. The van der Waals surface area contributed by atoms with Crippen molar-refractivity contribution in [2.24, 2.45) is 0 Å². The van der Waals surface area contributed by atoms with Gasteiger partial charge in [0.05, 0.1) is 18.2 Å². The van der Waals surface area contributed by atoms with E-state index in [1.807, 2.05) is 19.9 Å². The molecule has 0 aliphatic carbocycles. The highest BCUT2D eigenvalue weighted by Crippen LogP contribution is 2.16. The molecule has 2 nitrogen and oxygen atoms in total. The maximum Gasteiger partial charge on any atom is 0.109 e. The van der Waals surface area contributed by atoms with E-state index in [2.05, 4.69) is 27.0 Å². The Kier molecular flexibility index (Phi) is 2.83. The zero-order chi connectivity index (χ0) is 9.14. The molecular weight excluding hydrogens is 216 g/mol. The molecule has 3 heteroatoms. The topological polar surface area (TPSA) is 36.7 Å². The lowest BCUT2D eigenvalue weighted by Gasteiger charge is -2.03. The summed E-state index contributed by atoms with van der Waals surface area (Å²) in [5.74, 6) is 0. The van der Waals surface area contributed by atoms with Gasteiger partial charge in [0.2, 0.25) is 0 Å². The van der Waals surface area contributed by atoms with Crippen molar-refractivity contribution < 1.29 is 0 Å². The standard InChI is InChI=1S/C9H9BrN2/c1-6-5-7(2)9(10)12-8(6)3-4-11/h5H,3H2,1-2H3. The first-order chi connectivity index (χ1) is 5.65. The maximum absolute atomic E-state index is 8.50. The second-order valence-corrected chi connectivity index (χ2v) is 3.45. The van der Waals surface area contributed by atoms with Crippen LogP contribution >= 0.6 is 15.9 Å². The van der Waals surface area contributed by atoms with Gasteiger partial charge in [0, 0.05) is 0 Å². The van der Waals surface area contributed by atoms with Crippen molar-refractivity contribution >= 4 is 15.9 Å². The zero-order valence-electron chi connectivity index (χ0n) is 7.06. The van der Waals surface area contributed by atoms with Gasteiger partial charge in [0.15, 0.2) is 0 Å². The third-order valence-corrected chi connectivity index (χ3v) is 2.50. The Morgan fingerprint density at radius 3 is 2.75 bits per heavy atom. The third-order valence-electron chi connectivity index (χ3n) is 1.69. The molecule has 0 bridgehead atoms. The van der Waals surface area contributed by atoms with Crippen molar-refractivity contribution in [2.45, 2.75) is 20.3 Å². The van der Waals surface area contributed by atoms with E-state index in [9.17, 15) is 0 Å². The van der Waals surface area contributed by atoms with Gasteiger partial charge in [0.25, 0.3) is 0 Å². The van der Waals surface area contributed by atoms with Gasteiger partial charge in [0.1, 0.15) is 4.60 Å². The molecule has 0 fully saturated rings. The molecule has 0 saturated carbocycles. The third kappa shape index (κ3) is 1.83. The average molecular weight is 225 g/mol. The number of aromatic nitrogens is 1. The van der Waals surface area contributed by atoms with E-state index in [1.165, 1.54) is 0 Å². The molecule has 62 valence electrons. The summed E-state index contributed by atoms with van der Waals surface area (Å²) in [6.45, 7) is 3.96. The summed E-state index contributed by atoms with van der Waals surface area (Å²) in [6, 6.07) is 4.12. The van der Waals surface area contributed by atoms with Crippen LogP contribution in [0, 0.1) is 25.2 Å². The Morgan fingerprint density at radius 1 is 1.50 bits per heavy atom. The minimum atomic E-state index is 0.380. The molecule has 12 heavy (non-hydrogen) atoms. The van der Waals surface area contributed by atoms with Crippen LogP contribution in [0.5, 0.6) is 0 Å². The summed E-state index contributed by atoms with van der Waals surface area (Å²) < 4.78 is 0.832. The van der Waals surface area contributed by atoms with Crippen LogP contribution in [0.4, 0.5) is 0 Å². The van der Waals surface area contributed by atoms with Gasteiger partial charge >= 0.3 is 0 Å². The van der Waals surface area contributed by atoms with Crippen LogP contribution in [0.1, 0.15) is 16.8 Å². The van der Waals surface area contributed by atoms with Gasteiger partial charge in [-0.1, -0.05) is 6.07 Å². The number of pyridine rings is 1. The molecule has 0 saturated heterocycles. The molecule has 0 aromatic carbocycles. The molecule has 1 rings (SSSR count). The van der Waals surface area contributed by atoms with E-state index < -0.39 is 0 Å². The van der Waals surface area contributed by atoms with Crippen LogP contribution in [0.15, 0.2) is 10.7 Å². The van der Waals surface area contributed by atoms with Gasteiger partial charge < -0.3 is 0 Å². The van der Waals surface area contributed by atoms with E-state index in [1.54, 1.807) is 0 Å². The fourth-order valence-corrected chi connectivity index (χ4v) is 1.34. The fraction of sp³-hybridized carbons (Fsp3) is 0.333. The minimum Gasteiger partial charge on any atom is -0.244 e. The van der Waals surface area contributed by atoms with E-state index in [-0.39, 0.29) is 0 Å². The van der Waals surface area contributed by atoms with Gasteiger partial charge in [-0.05, 0) is 40.9 Å². The van der Waals surface area contributed by atoms with Gasteiger partial charge in [-0.2, -0.15) is 5.26 Å². The monoisotopic (exact) mass is 224 g/mol. The summed E-state index contributed by atoms with van der Waals surface area (Å²) in [7, 11) is 0. The SMILES string of the molecule is Cc1cc(C)c(CC#N)nc1Br. The predicted molar refractivity (Wildman–Crippen MR) is 50.7 cm³/mol. The molecule has 0 N–H and O–H groups in total. The van der Waals surface area contributed by atoms with Crippen molar-refractivity contribution in [2.75, 3.05) is 0 Å². The van der Waals surface area contributed by atoms with Crippen molar-refractivity contribution in [3.8, 4) is 6.07 Å². The molecule has 0 aliphatic rings. The summed E-state index contributed by atoms with van der Waals surface area (Å²) in [6.07, 6.45) is 0.380. The number of nitrogens with zero attached hydrogens (tertiary/aromatic N) is 2. The van der Waals surface area contributed by atoms with Crippen LogP contribution < -0.4 is 0 Å². The summed E-state index contributed by atoms with van der Waals surface area (Å²) in [5.41, 5.74) is 3.04. The first-order valence-electron chi connectivity index (χ1n) is 3.64. The molecule has 1 heterocycles. The van der Waals surface area contributed by atoms with Crippen molar-refractivity contribution in [1.82, 2.24) is 4.98 Å². The number of nitriles is 1. The lowest BCUT2D eigenvalue weighted by Crippen LogP contribution is -1.95. The molecule has 1 aromatic heterocycles. The molecule has 0 spiro atoms. The first-order valence-corrected chi connectivity index (χ1v) is 4.44. The van der Waals surface area contributed by atoms with E-state index in [0.717, 1.165) is 21.4 Å². The average Bonchev–Trinajstić information content (AvgIpc) is 2.01. The normalized spacial score (nSPS) is 9.50. The Hall–Kier alpha value is -0.880. The number of aryl methyl sites for hydroxylation is 2. The van der Waals surface area contributed by atoms with Crippen LogP contribution in [0.2, 0.25) is 0 Å². The van der Waals surface area contributed by atoms with Crippen molar-refractivity contribution in [1.29, 1.82) is 5.26 Å². The molecule has 1 aromatic rings. The van der Waals surface area contributed by atoms with Gasteiger partial charge in [-0.15, -0.1) is 0 Å². The Labute approximate surface area is 80.4 Å². The maximum atomic E-state index is 8.50. The molecule has 0 atom stereocenters. The summed E-state index contributed by atoms with van der Waals surface area (Å²) in [5, 5.41) is 8.50. The zero-order valence-corrected chi connectivity index (χ0v) is 8.64. The summed E-state index contributed by atoms with van der Waals surface area (Å²) in [4.78, 5) is 4.26. The second-order valence-electron chi connectivity index (χ2n) is 2.69. The van der Waals surface area contributed by atoms with Crippen LogP contribution in [-0.2, 0) is 6.42 Å². The van der Waals surface area contributed by atoms with E-state index in [0.29, 0.717) is 6.42 Å². The Bertz CT molecular complexity index is 339. The molecular formula is C9H9BrN2. The first kappa shape index (κ1) is 9.21. The molecule has 0 radical (unpaired) electrons. The van der Waals surface area contributed by atoms with Crippen molar-refractivity contribution in [3.05, 3.63) is 27.5 Å². The minimum absolute atomic E-state index is 0.380. The number of halogens is 1.